The summed E-state index contributed by atoms with van der Waals surface area (Å²) >= 11 is 5.90. The lowest BCUT2D eigenvalue weighted by atomic mass is 9.74. The highest BCUT2D eigenvalue weighted by molar-refractivity contribution is 7.96. The smallest absolute Gasteiger partial charge is 0.332 e. The maximum Gasteiger partial charge on any atom is 0.332 e. The Morgan fingerprint density at radius 3 is 2.52 bits per heavy atom. The van der Waals surface area contributed by atoms with Crippen molar-refractivity contribution in [2.75, 3.05) is 4.72 Å². The van der Waals surface area contributed by atoms with Gasteiger partial charge in [0.2, 0.25) is 0 Å². The van der Waals surface area contributed by atoms with E-state index in [9.17, 15) is 22.7 Å². The van der Waals surface area contributed by atoms with E-state index in [2.05, 4.69) is 4.72 Å². The Morgan fingerprint density at radius 1 is 1.36 bits per heavy atom. The summed E-state index contributed by atoms with van der Waals surface area (Å²) < 4.78 is 41.5. The Kier molecular flexibility index (Phi) is 5.49. The first-order valence-corrected chi connectivity index (χ1v) is 9.74. The molecule has 0 saturated carbocycles. The molecule has 0 fully saturated rings. The highest BCUT2D eigenvalue weighted by Gasteiger charge is 2.41. The second-order valence-electron chi connectivity index (χ2n) is 7.19. The zero-order valence-electron chi connectivity index (χ0n) is 14.3. The van der Waals surface area contributed by atoms with Gasteiger partial charge in [0, 0.05) is 5.92 Å². The number of hydrogen-bond donors (Lipinski definition) is 2. The van der Waals surface area contributed by atoms with Crippen LogP contribution >= 0.6 is 11.6 Å². The summed E-state index contributed by atoms with van der Waals surface area (Å²) in [4.78, 5) is 11.5. The summed E-state index contributed by atoms with van der Waals surface area (Å²) in [5.74, 6) is -2.27. The van der Waals surface area contributed by atoms with E-state index in [1.807, 2.05) is 20.8 Å². The van der Waals surface area contributed by atoms with Gasteiger partial charge in [-0.3, -0.25) is 4.72 Å². The molecule has 0 heterocycles. The van der Waals surface area contributed by atoms with Crippen LogP contribution < -0.4 is 4.72 Å². The molecule has 138 valence electrons. The van der Waals surface area contributed by atoms with Crippen LogP contribution in [0.3, 0.4) is 0 Å². The molecule has 25 heavy (non-hydrogen) atoms. The highest BCUT2D eigenvalue weighted by atomic mass is 35.5. The molecule has 1 aromatic rings. The van der Waals surface area contributed by atoms with E-state index in [1.54, 1.807) is 0 Å². The summed E-state index contributed by atoms with van der Waals surface area (Å²) in [6.07, 6.45) is 1.38. The lowest BCUT2D eigenvalue weighted by Gasteiger charge is -2.36. The Hall–Kier alpha value is -1.60. The van der Waals surface area contributed by atoms with Crippen LogP contribution in [0.1, 0.15) is 40.0 Å². The first-order chi connectivity index (χ1) is 11.4. The zero-order chi connectivity index (χ0) is 19.0. The Bertz CT molecular complexity index is 828. The van der Waals surface area contributed by atoms with Gasteiger partial charge in [0.05, 0.1) is 21.2 Å². The predicted octanol–water partition coefficient (Wildman–Crippen LogP) is 4.41. The molecule has 5 nitrogen and oxygen atoms in total. The van der Waals surface area contributed by atoms with Crippen molar-refractivity contribution in [3.63, 3.8) is 0 Å². The maximum absolute atomic E-state index is 13.2. The van der Waals surface area contributed by atoms with Crippen LogP contribution in [0, 0.1) is 17.2 Å². The van der Waals surface area contributed by atoms with Crippen molar-refractivity contribution in [3.05, 3.63) is 39.5 Å². The number of carbonyl (C=O) groups is 1. The first-order valence-electron chi connectivity index (χ1n) is 7.87. The third-order valence-electron chi connectivity index (χ3n) is 4.30. The molecule has 0 saturated heterocycles. The Labute approximate surface area is 151 Å². The number of halogens is 2. The minimum absolute atomic E-state index is 0.0125. The number of carboxylic acids is 1. The molecular weight excluding hydrogens is 369 g/mol. The molecule has 1 unspecified atom stereocenters. The quantitative estimate of drug-likeness (QED) is 0.799. The lowest BCUT2D eigenvalue weighted by molar-refractivity contribution is -0.133. The molecule has 1 aliphatic carbocycles. The summed E-state index contributed by atoms with van der Waals surface area (Å²) in [7, 11) is -4.16. The number of allylic oxidation sites excluding steroid dienone is 1. The molecule has 0 spiro atoms. The predicted molar refractivity (Wildman–Crippen MR) is 95.4 cm³/mol. The van der Waals surface area contributed by atoms with Crippen molar-refractivity contribution in [3.8, 4) is 0 Å². The van der Waals surface area contributed by atoms with Gasteiger partial charge in [0.25, 0.3) is 10.0 Å². The van der Waals surface area contributed by atoms with E-state index in [4.69, 9.17) is 11.6 Å². The summed E-state index contributed by atoms with van der Waals surface area (Å²) in [6, 6.07) is 3.29. The lowest BCUT2D eigenvalue weighted by Crippen LogP contribution is -2.34. The van der Waals surface area contributed by atoms with Gasteiger partial charge in [-0.1, -0.05) is 32.4 Å². The van der Waals surface area contributed by atoms with E-state index in [1.165, 1.54) is 6.07 Å². The van der Waals surface area contributed by atoms with E-state index in [-0.39, 0.29) is 27.6 Å². The largest absolute Gasteiger partial charge is 0.478 e. The average molecular weight is 390 g/mol. The van der Waals surface area contributed by atoms with Crippen molar-refractivity contribution >= 4 is 33.3 Å². The van der Waals surface area contributed by atoms with Gasteiger partial charge in [0.15, 0.2) is 0 Å². The normalized spacial score (nSPS) is 19.0. The number of sulfonamides is 1. The van der Waals surface area contributed by atoms with Gasteiger partial charge >= 0.3 is 5.97 Å². The molecular formula is C17H21ClFNO4S. The van der Waals surface area contributed by atoms with Crippen molar-refractivity contribution in [2.24, 2.45) is 11.3 Å². The van der Waals surface area contributed by atoms with Crippen molar-refractivity contribution in [1.82, 2.24) is 0 Å². The summed E-state index contributed by atoms with van der Waals surface area (Å²) in [5.41, 5.74) is -0.520. The fraction of sp³-hybridized carbons (Fsp3) is 0.471. The molecule has 0 aromatic heterocycles. The second kappa shape index (κ2) is 6.96. The number of hydrogen-bond acceptors (Lipinski definition) is 3. The van der Waals surface area contributed by atoms with E-state index < -0.39 is 33.1 Å². The molecule has 8 heteroatoms. The molecule has 0 bridgehead atoms. The van der Waals surface area contributed by atoms with E-state index in [0.717, 1.165) is 12.1 Å². The average Bonchev–Trinajstić information content (AvgIpc) is 2.48. The topological polar surface area (TPSA) is 83.5 Å². The van der Waals surface area contributed by atoms with Gasteiger partial charge in [0.1, 0.15) is 5.82 Å². The monoisotopic (exact) mass is 389 g/mol. The molecule has 2 rings (SSSR count). The van der Waals surface area contributed by atoms with Crippen molar-refractivity contribution in [2.45, 2.75) is 40.0 Å². The molecule has 2 N–H and O–H groups in total. The van der Waals surface area contributed by atoms with Gasteiger partial charge < -0.3 is 5.11 Å². The van der Waals surface area contributed by atoms with Crippen LogP contribution in [0.25, 0.3) is 0 Å². The number of benzene rings is 1. The summed E-state index contributed by atoms with van der Waals surface area (Å²) in [6.45, 7) is 5.63. The summed E-state index contributed by atoms with van der Waals surface area (Å²) in [5, 5.41) is 9.39. The molecule has 1 aromatic carbocycles. The number of nitrogens with one attached hydrogen (secondary N) is 1. The molecule has 0 aliphatic heterocycles. The van der Waals surface area contributed by atoms with Gasteiger partial charge in [-0.05, 0) is 42.9 Å². The third kappa shape index (κ3) is 4.33. The number of anilines is 1. The van der Waals surface area contributed by atoms with E-state index >= 15 is 0 Å². The number of aliphatic carboxylic acids is 1. The maximum atomic E-state index is 13.2. The van der Waals surface area contributed by atoms with Crippen LogP contribution in [-0.2, 0) is 14.8 Å². The molecule has 1 atom stereocenters. The minimum Gasteiger partial charge on any atom is -0.478 e. The first kappa shape index (κ1) is 19.7. The minimum atomic E-state index is -4.16. The second-order valence-corrected chi connectivity index (χ2v) is 9.25. The van der Waals surface area contributed by atoms with Crippen LogP contribution in [0.4, 0.5) is 10.1 Å². The third-order valence-corrected chi connectivity index (χ3v) is 6.21. The van der Waals surface area contributed by atoms with Crippen LogP contribution in [0.15, 0.2) is 28.7 Å². The molecule has 0 radical (unpaired) electrons. The SMILES string of the molecule is CC(C)(C)C1CCCC(C(=O)O)=C1S(=O)(=O)Nc1ccc(F)cc1Cl. The fourth-order valence-electron chi connectivity index (χ4n) is 3.11. The van der Waals surface area contributed by atoms with Crippen molar-refractivity contribution < 1.29 is 22.7 Å². The Morgan fingerprint density at radius 2 is 2.00 bits per heavy atom. The van der Waals surface area contributed by atoms with Crippen LogP contribution in [0.5, 0.6) is 0 Å². The fourth-order valence-corrected chi connectivity index (χ4v) is 5.32. The number of carboxylic acid groups (broad SMARTS) is 1. The van der Waals surface area contributed by atoms with Gasteiger partial charge in [-0.25, -0.2) is 17.6 Å². The highest BCUT2D eigenvalue weighted by Crippen LogP contribution is 2.44. The van der Waals surface area contributed by atoms with E-state index in [0.29, 0.717) is 12.8 Å². The number of rotatable bonds is 4. The Balaban J connectivity index is 2.56. The standard InChI is InChI=1S/C17H21ClFNO4S/c1-17(2,3)12-6-4-5-11(16(21)22)15(12)25(23,24)20-14-8-7-10(19)9-13(14)18/h7-9,12,20H,4-6H2,1-3H3,(H,21,22). The van der Waals surface area contributed by atoms with Gasteiger partial charge in [-0.15, -0.1) is 0 Å². The van der Waals surface area contributed by atoms with Crippen LogP contribution in [-0.4, -0.2) is 19.5 Å². The van der Waals surface area contributed by atoms with Crippen molar-refractivity contribution in [1.29, 1.82) is 0 Å². The zero-order valence-corrected chi connectivity index (χ0v) is 15.8. The molecule has 1 aliphatic rings. The molecule has 0 amide bonds. The van der Waals surface area contributed by atoms with Gasteiger partial charge in [-0.2, -0.15) is 0 Å². The van der Waals surface area contributed by atoms with Crippen LogP contribution in [0.2, 0.25) is 5.02 Å².